The van der Waals surface area contributed by atoms with Gasteiger partial charge in [-0.3, -0.25) is 14.6 Å². The second kappa shape index (κ2) is 6.69. The fourth-order valence-electron chi connectivity index (χ4n) is 5.98. The second-order valence-corrected chi connectivity index (χ2v) is 8.97. The summed E-state index contributed by atoms with van der Waals surface area (Å²) < 4.78 is 0. The lowest BCUT2D eigenvalue weighted by atomic mass is 9.65. The zero-order valence-electron chi connectivity index (χ0n) is 16.6. The second-order valence-electron chi connectivity index (χ2n) is 8.97. The molecular formula is C22H27N5O2. The lowest BCUT2D eigenvalue weighted by Crippen LogP contribution is -2.58. The minimum absolute atomic E-state index is 0.0188. The molecule has 2 aliphatic heterocycles. The summed E-state index contributed by atoms with van der Waals surface area (Å²) in [5.41, 5.74) is 6.78. The molecule has 0 unspecified atom stereocenters. The van der Waals surface area contributed by atoms with Crippen molar-refractivity contribution in [3.05, 3.63) is 58.0 Å². The fourth-order valence-corrected chi connectivity index (χ4v) is 5.98. The van der Waals surface area contributed by atoms with Crippen molar-refractivity contribution < 1.29 is 4.79 Å². The smallest absolute Gasteiger partial charge is 0.273 e. The minimum atomic E-state index is -0.394. The van der Waals surface area contributed by atoms with Gasteiger partial charge in [-0.05, 0) is 37.7 Å². The molecule has 5 rings (SSSR count). The first-order valence-corrected chi connectivity index (χ1v) is 10.5. The number of H-pyrrole nitrogens is 1. The first-order chi connectivity index (χ1) is 14.0. The maximum absolute atomic E-state index is 13.6. The Hall–Kier alpha value is -2.67. The van der Waals surface area contributed by atoms with E-state index < -0.39 is 5.56 Å². The molecule has 4 N–H and O–H groups in total. The average Bonchev–Trinajstić information content (AvgIpc) is 3.00. The number of aromatic nitrogens is 2. The van der Waals surface area contributed by atoms with Crippen molar-refractivity contribution in [1.82, 2.24) is 20.2 Å². The number of carbonyl (C=O) groups excluding carboxylic acids is 1. The van der Waals surface area contributed by atoms with Gasteiger partial charge in [-0.25, -0.2) is 4.98 Å². The summed E-state index contributed by atoms with van der Waals surface area (Å²) in [6, 6.07) is 12.5. The lowest BCUT2D eigenvalue weighted by Gasteiger charge is -2.46. The predicted molar refractivity (Wildman–Crippen MR) is 110 cm³/mol. The van der Waals surface area contributed by atoms with Gasteiger partial charge in [0.1, 0.15) is 5.69 Å². The van der Waals surface area contributed by atoms with Gasteiger partial charge in [-0.1, -0.05) is 37.3 Å². The van der Waals surface area contributed by atoms with E-state index in [9.17, 15) is 9.59 Å². The van der Waals surface area contributed by atoms with Gasteiger partial charge >= 0.3 is 0 Å². The Kier molecular flexibility index (Phi) is 4.24. The van der Waals surface area contributed by atoms with Crippen LogP contribution in [0.25, 0.3) is 0 Å². The number of hydrogen-bond acceptors (Lipinski definition) is 5. The highest BCUT2D eigenvalue weighted by atomic mass is 16.2. The number of amides is 1. The van der Waals surface area contributed by atoms with Gasteiger partial charge in [0.05, 0.1) is 0 Å². The molecule has 5 atom stereocenters. The number of aromatic amines is 1. The first-order valence-electron chi connectivity index (χ1n) is 10.5. The van der Waals surface area contributed by atoms with E-state index in [4.69, 9.17) is 5.73 Å². The molecule has 0 radical (unpaired) electrons. The topological polar surface area (TPSA) is 104 Å². The third-order valence-corrected chi connectivity index (χ3v) is 7.26. The van der Waals surface area contributed by atoms with E-state index in [-0.39, 0.29) is 41.1 Å². The number of carbonyl (C=O) groups is 1. The van der Waals surface area contributed by atoms with E-state index in [2.05, 4.69) is 46.5 Å². The largest absolute Gasteiger partial charge is 0.369 e. The quantitative estimate of drug-likeness (QED) is 0.736. The minimum Gasteiger partial charge on any atom is -0.369 e. The molecule has 1 aromatic heterocycles. The number of hydrogen-bond donors (Lipinski definition) is 3. The number of anilines is 1. The van der Waals surface area contributed by atoms with Gasteiger partial charge in [0.2, 0.25) is 5.95 Å². The van der Waals surface area contributed by atoms with Gasteiger partial charge < -0.3 is 16.0 Å². The highest BCUT2D eigenvalue weighted by Gasteiger charge is 2.61. The maximum atomic E-state index is 13.6. The van der Waals surface area contributed by atoms with Crippen LogP contribution in [-0.2, 0) is 6.42 Å². The van der Waals surface area contributed by atoms with E-state index in [0.717, 1.165) is 32.1 Å². The zero-order valence-corrected chi connectivity index (χ0v) is 16.6. The maximum Gasteiger partial charge on any atom is 0.273 e. The Balaban J connectivity index is 1.53. The average molecular weight is 393 g/mol. The van der Waals surface area contributed by atoms with Crippen molar-refractivity contribution in [1.29, 1.82) is 0 Å². The van der Waals surface area contributed by atoms with Crippen LogP contribution in [0.15, 0.2) is 41.2 Å². The van der Waals surface area contributed by atoms with Crippen LogP contribution < -0.4 is 16.6 Å². The van der Waals surface area contributed by atoms with Crippen LogP contribution in [0.4, 0.5) is 5.95 Å². The van der Waals surface area contributed by atoms with Crippen molar-refractivity contribution in [3.8, 4) is 0 Å². The Labute approximate surface area is 169 Å². The molecule has 3 aliphatic rings. The number of nitrogens with two attached hydrogens (primary N) is 1. The molecule has 1 aliphatic carbocycles. The molecule has 1 aromatic carbocycles. The first kappa shape index (κ1) is 18.4. The molecule has 152 valence electrons. The van der Waals surface area contributed by atoms with Crippen LogP contribution in [0.5, 0.6) is 0 Å². The van der Waals surface area contributed by atoms with Crippen molar-refractivity contribution in [2.75, 3.05) is 5.73 Å². The van der Waals surface area contributed by atoms with Crippen LogP contribution in [-0.4, -0.2) is 44.9 Å². The molecule has 3 heterocycles. The monoisotopic (exact) mass is 393 g/mol. The molecule has 2 bridgehead atoms. The summed E-state index contributed by atoms with van der Waals surface area (Å²) >= 11 is 0. The van der Waals surface area contributed by atoms with Crippen molar-refractivity contribution in [3.63, 3.8) is 0 Å². The van der Waals surface area contributed by atoms with Crippen LogP contribution in [0, 0.1) is 5.41 Å². The molecule has 7 nitrogen and oxygen atoms in total. The van der Waals surface area contributed by atoms with Crippen molar-refractivity contribution >= 4 is 11.9 Å². The number of rotatable bonds is 3. The van der Waals surface area contributed by atoms with Gasteiger partial charge in [0, 0.05) is 35.6 Å². The van der Waals surface area contributed by atoms with Gasteiger partial charge in [-0.15, -0.1) is 0 Å². The number of nitrogens with zero attached hydrogens (tertiary/aromatic N) is 2. The van der Waals surface area contributed by atoms with Crippen LogP contribution in [0.1, 0.15) is 48.7 Å². The van der Waals surface area contributed by atoms with Gasteiger partial charge in [0.15, 0.2) is 0 Å². The summed E-state index contributed by atoms with van der Waals surface area (Å²) in [5, 5.41) is 3.89. The number of fused-ring (bicyclic) bond motifs is 1. The number of nitrogens with one attached hydrogen (secondary N) is 2. The molecule has 2 saturated heterocycles. The Bertz CT molecular complexity index is 990. The van der Waals surface area contributed by atoms with Crippen LogP contribution in [0.2, 0.25) is 0 Å². The highest BCUT2D eigenvalue weighted by Crippen LogP contribution is 2.53. The number of benzene rings is 1. The molecule has 1 saturated carbocycles. The number of likely N-dealkylation sites (tertiary alicyclic amines) is 1. The molecule has 29 heavy (non-hydrogen) atoms. The zero-order chi connectivity index (χ0) is 20.2. The van der Waals surface area contributed by atoms with Crippen molar-refractivity contribution in [2.24, 2.45) is 5.41 Å². The Morgan fingerprint density at radius 2 is 2.10 bits per heavy atom. The Morgan fingerprint density at radius 3 is 2.86 bits per heavy atom. The van der Waals surface area contributed by atoms with E-state index in [1.54, 1.807) is 0 Å². The summed E-state index contributed by atoms with van der Waals surface area (Å²) in [6.45, 7) is 2.31. The summed E-state index contributed by atoms with van der Waals surface area (Å²) in [7, 11) is 0. The van der Waals surface area contributed by atoms with Gasteiger partial charge in [0.25, 0.3) is 11.5 Å². The number of nitrogen functional groups attached to an aromatic ring is 1. The normalized spacial score (nSPS) is 32.9. The third-order valence-electron chi connectivity index (χ3n) is 7.26. The summed E-state index contributed by atoms with van der Waals surface area (Å²) in [5.74, 6) is -0.196. The third kappa shape index (κ3) is 2.95. The molecule has 2 aromatic rings. The molecule has 0 spiro atoms. The van der Waals surface area contributed by atoms with E-state index in [0.29, 0.717) is 6.04 Å². The molecule has 3 fully saturated rings. The molecular weight excluding hydrogens is 366 g/mol. The van der Waals surface area contributed by atoms with E-state index >= 15 is 0 Å². The molecule has 7 heteroatoms. The molecule has 1 amide bonds. The highest BCUT2D eigenvalue weighted by molar-refractivity contribution is 5.93. The van der Waals surface area contributed by atoms with Crippen LogP contribution >= 0.6 is 0 Å². The SMILES string of the molecule is C[C@@]12C[C@H]3[C@H](Cc4ccccc4)N[C@@H]1CCC[C@@H]2N3C(=O)c1cc(=O)[nH]c(N)n1. The van der Waals surface area contributed by atoms with Crippen LogP contribution in [0.3, 0.4) is 0 Å². The van der Waals surface area contributed by atoms with Gasteiger partial charge in [-0.2, -0.15) is 0 Å². The fraction of sp³-hybridized carbons (Fsp3) is 0.500. The summed E-state index contributed by atoms with van der Waals surface area (Å²) in [4.78, 5) is 34.0. The standard InChI is InChI=1S/C22H27N5O2/c1-22-12-16-14(10-13-6-3-2-4-7-13)24-17(22)8-5-9-18(22)27(16)20(29)15-11-19(28)26-21(23)25-15/h2-4,6-7,11,14,16-18,24H,5,8-10,12H2,1H3,(H3,23,25,26,28)/t14-,16-,17+,18-,22+/m0/s1. The lowest BCUT2D eigenvalue weighted by molar-refractivity contribution is 0.0553. The summed E-state index contributed by atoms with van der Waals surface area (Å²) in [6.07, 6.45) is 5.09. The predicted octanol–water partition coefficient (Wildman–Crippen LogP) is 1.71. The van der Waals surface area contributed by atoms with Crippen molar-refractivity contribution in [2.45, 2.75) is 63.2 Å². The van der Waals surface area contributed by atoms with E-state index in [1.165, 1.54) is 11.6 Å². The van der Waals surface area contributed by atoms with E-state index in [1.807, 2.05) is 11.0 Å². The Morgan fingerprint density at radius 1 is 1.31 bits per heavy atom. The number of piperidine rings is 1.